The average molecular weight is 320 g/mol. The van der Waals surface area contributed by atoms with Crippen molar-refractivity contribution in [3.8, 4) is 10.8 Å². The molecule has 4 nitrogen and oxygen atoms in total. The number of nitrogens with one attached hydrogen (secondary N) is 1. The molecule has 1 unspecified atom stereocenters. The molecular weight excluding hydrogens is 306 g/mol. The molecule has 0 radical (unpaired) electrons. The van der Waals surface area contributed by atoms with E-state index >= 15 is 0 Å². The van der Waals surface area contributed by atoms with Gasteiger partial charge < -0.3 is 9.73 Å². The van der Waals surface area contributed by atoms with E-state index in [9.17, 15) is 0 Å². The van der Waals surface area contributed by atoms with E-state index in [2.05, 4.69) is 15.5 Å². The first-order valence-electron chi connectivity index (χ1n) is 6.65. The van der Waals surface area contributed by atoms with Crippen LogP contribution < -0.4 is 5.32 Å². The van der Waals surface area contributed by atoms with Crippen LogP contribution in [0, 0.1) is 0 Å². The van der Waals surface area contributed by atoms with Crippen LogP contribution in [0.4, 0.5) is 0 Å². The Morgan fingerprint density at radius 2 is 2.00 bits per heavy atom. The fraction of sp³-hybridized carbons (Fsp3) is 0.200. The maximum absolute atomic E-state index is 5.94. The summed E-state index contributed by atoms with van der Waals surface area (Å²) in [5, 5.41) is 11.7. The van der Waals surface area contributed by atoms with Crippen LogP contribution in [0.5, 0.6) is 0 Å². The molecule has 0 aliphatic heterocycles. The standard InChI is InChI=1S/C15H14ClN3OS/c1-2-17-13(10-6-4-3-5-7-10)15-19-18-14(20-15)11-8-9-12(16)21-11/h3-9,13,17H,2H2,1H3. The van der Waals surface area contributed by atoms with Crippen LogP contribution in [0.15, 0.2) is 46.9 Å². The number of hydrogen-bond acceptors (Lipinski definition) is 5. The Balaban J connectivity index is 1.92. The summed E-state index contributed by atoms with van der Waals surface area (Å²) in [6.45, 7) is 2.86. The second kappa shape index (κ2) is 6.39. The van der Waals surface area contributed by atoms with Crippen LogP contribution in [-0.2, 0) is 0 Å². The molecule has 1 aromatic carbocycles. The summed E-state index contributed by atoms with van der Waals surface area (Å²) in [5.74, 6) is 1.06. The number of aromatic nitrogens is 2. The fourth-order valence-electron chi connectivity index (χ4n) is 2.08. The van der Waals surface area contributed by atoms with Crippen molar-refractivity contribution in [2.24, 2.45) is 0 Å². The van der Waals surface area contributed by atoms with Gasteiger partial charge in [-0.3, -0.25) is 0 Å². The lowest BCUT2D eigenvalue weighted by molar-refractivity contribution is 0.445. The number of nitrogens with zero attached hydrogens (tertiary/aromatic N) is 2. The van der Waals surface area contributed by atoms with Crippen molar-refractivity contribution in [1.82, 2.24) is 15.5 Å². The normalized spacial score (nSPS) is 12.5. The van der Waals surface area contributed by atoms with Crippen molar-refractivity contribution < 1.29 is 4.42 Å². The van der Waals surface area contributed by atoms with Crippen molar-refractivity contribution in [1.29, 1.82) is 0 Å². The lowest BCUT2D eigenvalue weighted by Crippen LogP contribution is -2.22. The van der Waals surface area contributed by atoms with Crippen molar-refractivity contribution in [2.45, 2.75) is 13.0 Å². The van der Waals surface area contributed by atoms with Gasteiger partial charge in [0, 0.05) is 0 Å². The van der Waals surface area contributed by atoms with Gasteiger partial charge in [0.1, 0.15) is 6.04 Å². The molecule has 3 aromatic rings. The van der Waals surface area contributed by atoms with E-state index in [4.69, 9.17) is 16.0 Å². The first-order valence-corrected chi connectivity index (χ1v) is 7.85. The van der Waals surface area contributed by atoms with E-state index in [1.54, 1.807) is 0 Å². The third-order valence-corrected chi connectivity index (χ3v) is 4.23. The highest BCUT2D eigenvalue weighted by Crippen LogP contribution is 2.31. The summed E-state index contributed by atoms with van der Waals surface area (Å²) in [5.41, 5.74) is 1.10. The Morgan fingerprint density at radius 1 is 1.19 bits per heavy atom. The maximum Gasteiger partial charge on any atom is 0.257 e. The molecule has 0 bridgehead atoms. The van der Waals surface area contributed by atoms with Crippen LogP contribution in [0.2, 0.25) is 4.34 Å². The van der Waals surface area contributed by atoms with Crippen molar-refractivity contribution in [3.63, 3.8) is 0 Å². The van der Waals surface area contributed by atoms with Crippen LogP contribution in [-0.4, -0.2) is 16.7 Å². The molecule has 2 aromatic heterocycles. The maximum atomic E-state index is 5.94. The highest BCUT2D eigenvalue weighted by Gasteiger charge is 2.20. The second-order valence-corrected chi connectivity index (χ2v) is 6.17. The Kier molecular flexibility index (Phi) is 4.34. The van der Waals surface area contributed by atoms with E-state index < -0.39 is 0 Å². The number of rotatable bonds is 5. The number of halogens is 1. The van der Waals surface area contributed by atoms with E-state index in [1.807, 2.05) is 49.4 Å². The van der Waals surface area contributed by atoms with Crippen molar-refractivity contribution >= 4 is 22.9 Å². The molecule has 0 fully saturated rings. The number of benzene rings is 1. The topological polar surface area (TPSA) is 51.0 Å². The smallest absolute Gasteiger partial charge is 0.257 e. The lowest BCUT2D eigenvalue weighted by Gasteiger charge is -2.13. The van der Waals surface area contributed by atoms with E-state index in [1.165, 1.54) is 11.3 Å². The van der Waals surface area contributed by atoms with Gasteiger partial charge in [-0.1, -0.05) is 48.9 Å². The Bertz CT molecular complexity index is 711. The highest BCUT2D eigenvalue weighted by atomic mass is 35.5. The Morgan fingerprint density at radius 3 is 2.67 bits per heavy atom. The second-order valence-electron chi connectivity index (χ2n) is 4.45. The zero-order valence-electron chi connectivity index (χ0n) is 11.4. The molecule has 0 aliphatic carbocycles. The van der Waals surface area contributed by atoms with Gasteiger partial charge in [0.25, 0.3) is 5.89 Å². The lowest BCUT2D eigenvalue weighted by atomic mass is 10.1. The van der Waals surface area contributed by atoms with Crippen molar-refractivity contribution in [3.05, 3.63) is 58.3 Å². The van der Waals surface area contributed by atoms with E-state index in [0.717, 1.165) is 17.0 Å². The van der Waals surface area contributed by atoms with Crippen LogP contribution in [0.3, 0.4) is 0 Å². The average Bonchev–Trinajstić information content (AvgIpc) is 3.14. The van der Waals surface area contributed by atoms with Gasteiger partial charge in [-0.25, -0.2) is 0 Å². The number of hydrogen-bond donors (Lipinski definition) is 1. The number of thiophene rings is 1. The Hall–Kier alpha value is -1.69. The third-order valence-electron chi connectivity index (χ3n) is 3.01. The summed E-state index contributed by atoms with van der Waals surface area (Å²) in [6, 6.07) is 13.7. The minimum atomic E-state index is -0.104. The molecule has 0 saturated heterocycles. The highest BCUT2D eigenvalue weighted by molar-refractivity contribution is 7.19. The van der Waals surface area contributed by atoms with Gasteiger partial charge in [-0.15, -0.1) is 21.5 Å². The molecule has 1 N–H and O–H groups in total. The molecule has 3 rings (SSSR count). The molecule has 1 atom stereocenters. The summed E-state index contributed by atoms with van der Waals surface area (Å²) in [4.78, 5) is 0.877. The minimum absolute atomic E-state index is 0.104. The molecule has 2 heterocycles. The molecule has 6 heteroatoms. The summed E-state index contributed by atoms with van der Waals surface area (Å²) in [7, 11) is 0. The predicted molar refractivity (Wildman–Crippen MR) is 84.6 cm³/mol. The molecule has 0 amide bonds. The van der Waals surface area contributed by atoms with Gasteiger partial charge in [0.2, 0.25) is 5.89 Å². The predicted octanol–water partition coefficient (Wildman–Crippen LogP) is 4.15. The quantitative estimate of drug-likeness (QED) is 0.767. The first kappa shape index (κ1) is 14.3. The third kappa shape index (κ3) is 3.15. The van der Waals surface area contributed by atoms with Crippen LogP contribution in [0.1, 0.15) is 24.4 Å². The monoisotopic (exact) mass is 319 g/mol. The van der Waals surface area contributed by atoms with Gasteiger partial charge in [-0.05, 0) is 24.2 Å². The van der Waals surface area contributed by atoms with Crippen molar-refractivity contribution in [2.75, 3.05) is 6.54 Å². The van der Waals surface area contributed by atoms with Crippen LogP contribution in [0.25, 0.3) is 10.8 Å². The first-order chi connectivity index (χ1) is 10.3. The molecule has 0 spiro atoms. The molecule has 21 heavy (non-hydrogen) atoms. The zero-order valence-corrected chi connectivity index (χ0v) is 13.0. The summed E-state index contributed by atoms with van der Waals surface area (Å²) < 4.78 is 6.52. The molecular formula is C15H14ClN3OS. The zero-order chi connectivity index (χ0) is 14.7. The molecule has 0 aliphatic rings. The molecule has 0 saturated carbocycles. The van der Waals surface area contributed by atoms with Gasteiger partial charge in [0.15, 0.2) is 0 Å². The summed E-state index contributed by atoms with van der Waals surface area (Å²) in [6.07, 6.45) is 0. The fourth-order valence-corrected chi connectivity index (χ4v) is 3.04. The SMILES string of the molecule is CCNC(c1ccccc1)c1nnc(-c2ccc(Cl)s2)o1. The molecule has 108 valence electrons. The minimum Gasteiger partial charge on any atom is -0.418 e. The van der Waals surface area contributed by atoms with Gasteiger partial charge >= 0.3 is 0 Å². The van der Waals surface area contributed by atoms with E-state index in [0.29, 0.717) is 16.1 Å². The van der Waals surface area contributed by atoms with E-state index in [-0.39, 0.29) is 6.04 Å². The largest absolute Gasteiger partial charge is 0.418 e. The Labute approximate surface area is 131 Å². The summed E-state index contributed by atoms with van der Waals surface area (Å²) >= 11 is 7.37. The van der Waals surface area contributed by atoms with Gasteiger partial charge in [-0.2, -0.15) is 0 Å². The van der Waals surface area contributed by atoms with Crippen LogP contribution >= 0.6 is 22.9 Å². The van der Waals surface area contributed by atoms with Gasteiger partial charge in [0.05, 0.1) is 9.21 Å².